The number of nitrogens with two attached hydrogens (primary N) is 1. The number of pyridine rings is 1. The van der Waals surface area contributed by atoms with Crippen molar-refractivity contribution < 1.29 is 22.7 Å². The molecule has 0 spiro atoms. The van der Waals surface area contributed by atoms with E-state index in [9.17, 15) is 22.7 Å². The second-order valence-corrected chi connectivity index (χ2v) is 4.98. The highest BCUT2D eigenvalue weighted by atomic mass is 19.3. The lowest BCUT2D eigenvalue weighted by Crippen LogP contribution is -2.50. The summed E-state index contributed by atoms with van der Waals surface area (Å²) in [7, 11) is 0. The zero-order valence-corrected chi connectivity index (χ0v) is 11.7. The van der Waals surface area contributed by atoms with Crippen LogP contribution < -0.4 is 5.73 Å². The monoisotopic (exact) mass is 314 g/mol. The standard InChI is InChI=1S/C15H14F4N2O/c1-9-2-5-13(21-7-9)15(18,19)14(22,8-20)11-4-3-10(16)6-12(11)17/h2-7,22H,8,20H2,1H3/t14-/m0/s1. The molecule has 0 unspecified atom stereocenters. The van der Waals surface area contributed by atoms with E-state index in [-0.39, 0.29) is 0 Å². The second-order valence-electron chi connectivity index (χ2n) is 4.98. The smallest absolute Gasteiger partial charge is 0.323 e. The fourth-order valence-corrected chi connectivity index (χ4v) is 2.10. The molecule has 3 nitrogen and oxygen atoms in total. The van der Waals surface area contributed by atoms with Crippen molar-refractivity contribution in [2.75, 3.05) is 6.54 Å². The van der Waals surface area contributed by atoms with Crippen LogP contribution in [0.2, 0.25) is 0 Å². The van der Waals surface area contributed by atoms with E-state index in [1.54, 1.807) is 6.92 Å². The van der Waals surface area contributed by atoms with Crippen molar-refractivity contribution in [2.24, 2.45) is 5.73 Å². The van der Waals surface area contributed by atoms with Gasteiger partial charge < -0.3 is 10.8 Å². The molecule has 0 saturated heterocycles. The van der Waals surface area contributed by atoms with E-state index in [1.165, 1.54) is 12.3 Å². The summed E-state index contributed by atoms with van der Waals surface area (Å²) in [5.74, 6) is -6.22. The van der Waals surface area contributed by atoms with Crippen LogP contribution in [0.1, 0.15) is 16.8 Å². The van der Waals surface area contributed by atoms with Gasteiger partial charge in [0.2, 0.25) is 0 Å². The second kappa shape index (κ2) is 5.66. The van der Waals surface area contributed by atoms with Gasteiger partial charge in [-0.25, -0.2) is 8.78 Å². The van der Waals surface area contributed by atoms with Gasteiger partial charge in [0.15, 0.2) is 5.60 Å². The third-order valence-corrected chi connectivity index (χ3v) is 3.42. The molecule has 1 atom stereocenters. The molecule has 0 radical (unpaired) electrons. The summed E-state index contributed by atoms with van der Waals surface area (Å²) in [6.07, 6.45) is 1.20. The first-order valence-electron chi connectivity index (χ1n) is 6.41. The quantitative estimate of drug-likeness (QED) is 0.853. The van der Waals surface area contributed by atoms with Crippen molar-refractivity contribution in [1.29, 1.82) is 0 Å². The minimum Gasteiger partial charge on any atom is -0.377 e. The molecule has 22 heavy (non-hydrogen) atoms. The Kier molecular flexibility index (Phi) is 4.21. The van der Waals surface area contributed by atoms with Gasteiger partial charge in [0, 0.05) is 24.4 Å². The predicted molar refractivity (Wildman–Crippen MR) is 72.2 cm³/mol. The molecule has 2 rings (SSSR count). The van der Waals surface area contributed by atoms with Crippen LogP contribution in [0, 0.1) is 18.6 Å². The highest BCUT2D eigenvalue weighted by Gasteiger charge is 2.56. The van der Waals surface area contributed by atoms with Crippen LogP contribution in [0.4, 0.5) is 17.6 Å². The minimum absolute atomic E-state index is 0.411. The van der Waals surface area contributed by atoms with E-state index in [0.717, 1.165) is 18.2 Å². The number of hydrogen-bond donors (Lipinski definition) is 2. The Morgan fingerprint density at radius 2 is 1.86 bits per heavy atom. The van der Waals surface area contributed by atoms with Crippen LogP contribution in [0.5, 0.6) is 0 Å². The van der Waals surface area contributed by atoms with E-state index >= 15 is 0 Å². The average molecular weight is 314 g/mol. The van der Waals surface area contributed by atoms with E-state index in [2.05, 4.69) is 4.98 Å². The van der Waals surface area contributed by atoms with Crippen molar-refractivity contribution in [2.45, 2.75) is 18.4 Å². The molecule has 7 heteroatoms. The summed E-state index contributed by atoms with van der Waals surface area (Å²) < 4.78 is 56.1. The maximum absolute atomic E-state index is 14.7. The van der Waals surface area contributed by atoms with Gasteiger partial charge in [0.1, 0.15) is 17.3 Å². The molecule has 1 aromatic carbocycles. The lowest BCUT2D eigenvalue weighted by Gasteiger charge is -2.35. The SMILES string of the molecule is Cc1ccc(C(F)(F)[C@](O)(CN)c2ccc(F)cc2F)nc1. The van der Waals surface area contributed by atoms with Gasteiger partial charge in [-0.15, -0.1) is 0 Å². The number of benzene rings is 1. The van der Waals surface area contributed by atoms with Gasteiger partial charge in [-0.1, -0.05) is 12.1 Å². The summed E-state index contributed by atoms with van der Waals surface area (Å²) in [5, 5.41) is 10.3. The van der Waals surface area contributed by atoms with E-state index in [0.29, 0.717) is 11.6 Å². The highest BCUT2D eigenvalue weighted by molar-refractivity contribution is 5.31. The maximum atomic E-state index is 14.7. The van der Waals surface area contributed by atoms with Crippen molar-refractivity contribution >= 4 is 0 Å². The van der Waals surface area contributed by atoms with Crippen LogP contribution in [-0.2, 0) is 11.5 Å². The molecule has 0 aliphatic carbocycles. The molecule has 3 N–H and O–H groups in total. The van der Waals surface area contributed by atoms with E-state index in [1.807, 2.05) is 0 Å². The Balaban J connectivity index is 2.59. The number of nitrogens with zero attached hydrogens (tertiary/aromatic N) is 1. The molecule has 1 aromatic heterocycles. The molecule has 1 heterocycles. The Bertz CT molecular complexity index is 676. The summed E-state index contributed by atoms with van der Waals surface area (Å²) >= 11 is 0. The molecule has 2 aromatic rings. The average Bonchev–Trinajstić information content (AvgIpc) is 2.46. The predicted octanol–water partition coefficient (Wildman–Crippen LogP) is 2.61. The molecule has 0 bridgehead atoms. The largest absolute Gasteiger partial charge is 0.377 e. The molecule has 0 amide bonds. The van der Waals surface area contributed by atoms with Gasteiger partial charge in [0.05, 0.1) is 0 Å². The van der Waals surface area contributed by atoms with Crippen molar-refractivity contribution in [3.8, 4) is 0 Å². The first-order valence-corrected chi connectivity index (χ1v) is 6.41. The summed E-state index contributed by atoms with van der Waals surface area (Å²) in [4.78, 5) is 3.57. The fourth-order valence-electron chi connectivity index (χ4n) is 2.10. The molecule has 0 aliphatic heterocycles. The van der Waals surface area contributed by atoms with Gasteiger partial charge in [0.25, 0.3) is 0 Å². The first-order chi connectivity index (χ1) is 10.2. The maximum Gasteiger partial charge on any atom is 0.323 e. The van der Waals surface area contributed by atoms with Crippen LogP contribution in [0.15, 0.2) is 36.5 Å². The Labute approximate surface area is 124 Å². The lowest BCUT2D eigenvalue weighted by molar-refractivity contribution is -0.193. The first kappa shape index (κ1) is 16.4. The molecule has 0 aliphatic rings. The van der Waals surface area contributed by atoms with Crippen molar-refractivity contribution in [3.63, 3.8) is 0 Å². The number of alkyl halides is 2. The molecular formula is C15H14F4N2O. The fraction of sp³-hybridized carbons (Fsp3) is 0.267. The molecule has 0 saturated carbocycles. The summed E-state index contributed by atoms with van der Waals surface area (Å²) in [6.45, 7) is 0.682. The third kappa shape index (κ3) is 2.57. The highest BCUT2D eigenvalue weighted by Crippen LogP contribution is 2.44. The van der Waals surface area contributed by atoms with Crippen LogP contribution in [-0.4, -0.2) is 16.6 Å². The van der Waals surface area contributed by atoms with E-state index < -0.39 is 41.0 Å². The Morgan fingerprint density at radius 3 is 2.36 bits per heavy atom. The number of aromatic nitrogens is 1. The number of rotatable bonds is 4. The summed E-state index contributed by atoms with van der Waals surface area (Å²) in [5.41, 5.74) is 1.33. The number of halogens is 4. The van der Waals surface area contributed by atoms with Crippen molar-refractivity contribution in [1.82, 2.24) is 4.98 Å². The zero-order valence-electron chi connectivity index (χ0n) is 11.7. The third-order valence-electron chi connectivity index (χ3n) is 3.42. The van der Waals surface area contributed by atoms with Crippen LogP contribution in [0.25, 0.3) is 0 Å². The lowest BCUT2D eigenvalue weighted by atomic mass is 9.85. The molecular weight excluding hydrogens is 300 g/mol. The minimum atomic E-state index is -3.96. The topological polar surface area (TPSA) is 59.1 Å². The Hall–Kier alpha value is -1.99. The van der Waals surface area contributed by atoms with Crippen LogP contribution in [0.3, 0.4) is 0 Å². The van der Waals surface area contributed by atoms with Gasteiger partial charge in [-0.2, -0.15) is 8.78 Å². The Morgan fingerprint density at radius 1 is 1.18 bits per heavy atom. The number of aliphatic hydroxyl groups is 1. The number of hydrogen-bond acceptors (Lipinski definition) is 3. The zero-order chi connectivity index (χ0) is 16.5. The number of aryl methyl sites for hydroxylation is 1. The normalized spacial score (nSPS) is 14.7. The molecule has 118 valence electrons. The van der Waals surface area contributed by atoms with Crippen LogP contribution >= 0.6 is 0 Å². The van der Waals surface area contributed by atoms with Crippen molar-refractivity contribution in [3.05, 3.63) is 65.0 Å². The molecule has 0 fully saturated rings. The van der Waals surface area contributed by atoms with Gasteiger partial charge >= 0.3 is 5.92 Å². The van der Waals surface area contributed by atoms with Gasteiger partial charge in [-0.3, -0.25) is 4.98 Å². The summed E-state index contributed by atoms with van der Waals surface area (Å²) in [6, 6.07) is 4.34. The van der Waals surface area contributed by atoms with Gasteiger partial charge in [-0.05, 0) is 24.6 Å². The van der Waals surface area contributed by atoms with E-state index in [4.69, 9.17) is 5.73 Å².